The standard InChI is InChI=1S/C24H20F3N3O5/c1-12(23(34)35-4)28-21(32)13(2)30-11-19-16(6-5-7-18(19)22(30)33)17-9-8-15(29-14(3)31)10-20(17)24(25,26)27/h5-10H,1-2,11H2,3-4H3,(H,28,32)(H,29,31). The van der Waals surface area contributed by atoms with Gasteiger partial charge in [-0.25, -0.2) is 4.79 Å². The molecule has 3 rings (SSSR count). The van der Waals surface area contributed by atoms with Crippen LogP contribution >= 0.6 is 0 Å². The summed E-state index contributed by atoms with van der Waals surface area (Å²) in [6.45, 7) is 7.89. The summed E-state index contributed by atoms with van der Waals surface area (Å²) in [5, 5.41) is 4.49. The summed E-state index contributed by atoms with van der Waals surface area (Å²) in [4.78, 5) is 49.2. The van der Waals surface area contributed by atoms with Gasteiger partial charge < -0.3 is 15.4 Å². The zero-order valence-electron chi connectivity index (χ0n) is 18.7. The summed E-state index contributed by atoms with van der Waals surface area (Å²) < 4.78 is 46.2. The molecule has 0 radical (unpaired) electrons. The maximum absolute atomic E-state index is 13.9. The highest BCUT2D eigenvalue weighted by molar-refractivity contribution is 6.08. The van der Waals surface area contributed by atoms with E-state index in [0.717, 1.165) is 18.1 Å². The molecule has 0 bridgehead atoms. The first-order valence-electron chi connectivity index (χ1n) is 10.1. The van der Waals surface area contributed by atoms with Crippen molar-refractivity contribution in [2.45, 2.75) is 19.6 Å². The van der Waals surface area contributed by atoms with Crippen LogP contribution in [0.2, 0.25) is 0 Å². The van der Waals surface area contributed by atoms with Crippen LogP contribution in [0.5, 0.6) is 0 Å². The number of nitrogens with one attached hydrogen (secondary N) is 2. The second kappa shape index (κ2) is 9.45. The molecule has 0 aromatic heterocycles. The molecule has 1 heterocycles. The predicted octanol–water partition coefficient (Wildman–Crippen LogP) is 3.60. The van der Waals surface area contributed by atoms with Crippen LogP contribution in [-0.2, 0) is 31.8 Å². The first-order valence-corrected chi connectivity index (χ1v) is 10.1. The number of amides is 3. The molecule has 8 nitrogen and oxygen atoms in total. The molecule has 0 spiro atoms. The summed E-state index contributed by atoms with van der Waals surface area (Å²) in [6, 6.07) is 7.64. The normalized spacial score (nSPS) is 12.6. The van der Waals surface area contributed by atoms with Gasteiger partial charge in [-0.15, -0.1) is 0 Å². The van der Waals surface area contributed by atoms with Crippen molar-refractivity contribution in [1.82, 2.24) is 10.2 Å². The number of carbonyl (C=O) groups is 4. The lowest BCUT2D eigenvalue weighted by Crippen LogP contribution is -2.36. The SMILES string of the molecule is C=C(NC(=O)C(=C)N1Cc2c(cccc2-c2ccc(NC(C)=O)cc2C(F)(F)F)C1=O)C(=O)OC. The molecule has 0 saturated heterocycles. The average Bonchev–Trinajstić information content (AvgIpc) is 3.13. The second-order valence-electron chi connectivity index (χ2n) is 7.53. The number of fused-ring (bicyclic) bond motifs is 1. The number of rotatable bonds is 6. The summed E-state index contributed by atoms with van der Waals surface area (Å²) in [6.07, 6.45) is -4.76. The first kappa shape index (κ1) is 25.2. The van der Waals surface area contributed by atoms with Crippen molar-refractivity contribution >= 4 is 29.4 Å². The molecule has 2 aromatic rings. The van der Waals surface area contributed by atoms with Gasteiger partial charge in [0.2, 0.25) is 5.91 Å². The van der Waals surface area contributed by atoms with E-state index in [4.69, 9.17) is 0 Å². The molecule has 0 atom stereocenters. The van der Waals surface area contributed by atoms with Crippen molar-refractivity contribution < 1.29 is 37.1 Å². The molecule has 3 amide bonds. The monoisotopic (exact) mass is 487 g/mol. The molecule has 2 N–H and O–H groups in total. The molecule has 182 valence electrons. The Bertz CT molecular complexity index is 1280. The Labute approximate surface area is 198 Å². The van der Waals surface area contributed by atoms with Crippen LogP contribution in [-0.4, -0.2) is 35.7 Å². The van der Waals surface area contributed by atoms with Crippen molar-refractivity contribution in [3.05, 3.63) is 77.6 Å². The van der Waals surface area contributed by atoms with E-state index in [2.05, 4.69) is 28.5 Å². The molecule has 1 aliphatic heterocycles. The summed E-state index contributed by atoms with van der Waals surface area (Å²) >= 11 is 0. The van der Waals surface area contributed by atoms with Gasteiger partial charge in [-0.2, -0.15) is 13.2 Å². The lowest BCUT2D eigenvalue weighted by Gasteiger charge is -2.19. The third-order valence-electron chi connectivity index (χ3n) is 5.19. The minimum absolute atomic E-state index is 0.0326. The second-order valence-corrected chi connectivity index (χ2v) is 7.53. The molecule has 35 heavy (non-hydrogen) atoms. The highest BCUT2D eigenvalue weighted by Gasteiger charge is 2.38. The van der Waals surface area contributed by atoms with Crippen LogP contribution in [0.3, 0.4) is 0 Å². The Morgan fingerprint density at radius 2 is 1.71 bits per heavy atom. The Kier molecular flexibility index (Phi) is 6.81. The van der Waals surface area contributed by atoms with Gasteiger partial charge in [0.05, 0.1) is 19.2 Å². The van der Waals surface area contributed by atoms with Gasteiger partial charge in [0.15, 0.2) is 0 Å². The van der Waals surface area contributed by atoms with Crippen molar-refractivity contribution in [2.24, 2.45) is 0 Å². The van der Waals surface area contributed by atoms with Crippen LogP contribution in [0.1, 0.15) is 28.4 Å². The van der Waals surface area contributed by atoms with E-state index in [9.17, 15) is 32.3 Å². The lowest BCUT2D eigenvalue weighted by atomic mass is 9.93. The molecule has 0 saturated carbocycles. The number of nitrogens with zero attached hydrogens (tertiary/aromatic N) is 1. The Morgan fingerprint density at radius 3 is 2.31 bits per heavy atom. The quantitative estimate of drug-likeness (QED) is 0.479. The number of benzene rings is 2. The number of anilines is 1. The Morgan fingerprint density at radius 1 is 1.06 bits per heavy atom. The highest BCUT2D eigenvalue weighted by atomic mass is 19.4. The first-order chi connectivity index (χ1) is 16.3. The van der Waals surface area contributed by atoms with Crippen LogP contribution < -0.4 is 10.6 Å². The van der Waals surface area contributed by atoms with Crippen LogP contribution in [0.4, 0.5) is 18.9 Å². The number of hydrogen-bond donors (Lipinski definition) is 2. The third kappa shape index (κ3) is 5.08. The Hall–Kier alpha value is -4.41. The molecule has 0 unspecified atom stereocenters. The van der Waals surface area contributed by atoms with Crippen LogP contribution in [0.25, 0.3) is 11.1 Å². The predicted molar refractivity (Wildman–Crippen MR) is 119 cm³/mol. The molecule has 0 fully saturated rings. The van der Waals surface area contributed by atoms with E-state index < -0.39 is 35.4 Å². The minimum atomic E-state index is -4.76. The fourth-order valence-electron chi connectivity index (χ4n) is 3.60. The van der Waals surface area contributed by atoms with Crippen molar-refractivity contribution in [1.29, 1.82) is 0 Å². The zero-order valence-corrected chi connectivity index (χ0v) is 18.7. The van der Waals surface area contributed by atoms with E-state index in [1.54, 1.807) is 0 Å². The van der Waals surface area contributed by atoms with Crippen LogP contribution in [0.15, 0.2) is 61.0 Å². The molecule has 0 aliphatic carbocycles. The minimum Gasteiger partial charge on any atom is -0.464 e. The zero-order chi connectivity index (χ0) is 26.1. The molecule has 11 heteroatoms. The maximum Gasteiger partial charge on any atom is 0.417 e. The number of esters is 1. The summed E-state index contributed by atoms with van der Waals surface area (Å²) in [7, 11) is 1.09. The van der Waals surface area contributed by atoms with E-state index in [1.807, 2.05) is 0 Å². The maximum atomic E-state index is 13.9. The fraction of sp³-hybridized carbons (Fsp3) is 0.167. The van der Waals surface area contributed by atoms with Crippen molar-refractivity contribution in [3.8, 4) is 11.1 Å². The van der Waals surface area contributed by atoms with Crippen LogP contribution in [0, 0.1) is 0 Å². The molecule has 1 aliphatic rings. The number of halogens is 3. The summed E-state index contributed by atoms with van der Waals surface area (Å²) in [5.41, 5.74) is -1.46. The number of methoxy groups -OCH3 is 1. The van der Waals surface area contributed by atoms with E-state index in [-0.39, 0.29) is 45.9 Å². The van der Waals surface area contributed by atoms with E-state index in [1.165, 1.54) is 37.3 Å². The largest absolute Gasteiger partial charge is 0.464 e. The molecular weight excluding hydrogens is 467 g/mol. The van der Waals surface area contributed by atoms with Gasteiger partial charge >= 0.3 is 12.1 Å². The van der Waals surface area contributed by atoms with Gasteiger partial charge in [-0.05, 0) is 34.9 Å². The number of carbonyl (C=O) groups excluding carboxylic acids is 4. The lowest BCUT2D eigenvalue weighted by molar-refractivity contribution is -0.138. The van der Waals surface area contributed by atoms with Gasteiger partial charge in [0, 0.05) is 18.2 Å². The topological polar surface area (TPSA) is 105 Å². The number of alkyl halides is 3. The van der Waals surface area contributed by atoms with Gasteiger partial charge in [0.25, 0.3) is 11.8 Å². The number of hydrogen-bond acceptors (Lipinski definition) is 5. The Balaban J connectivity index is 1.99. The number of ether oxygens (including phenoxy) is 1. The third-order valence-corrected chi connectivity index (χ3v) is 5.19. The van der Waals surface area contributed by atoms with Gasteiger partial charge in [-0.3, -0.25) is 19.3 Å². The van der Waals surface area contributed by atoms with Gasteiger partial charge in [-0.1, -0.05) is 31.4 Å². The van der Waals surface area contributed by atoms with E-state index >= 15 is 0 Å². The highest BCUT2D eigenvalue weighted by Crippen LogP contribution is 2.42. The molecular formula is C24H20F3N3O5. The van der Waals surface area contributed by atoms with Gasteiger partial charge in [0.1, 0.15) is 11.4 Å². The molecule has 2 aromatic carbocycles. The summed E-state index contributed by atoms with van der Waals surface area (Å²) in [5.74, 6) is -2.97. The van der Waals surface area contributed by atoms with Crippen molar-refractivity contribution in [2.75, 3.05) is 12.4 Å². The van der Waals surface area contributed by atoms with E-state index in [0.29, 0.717) is 0 Å². The fourth-order valence-corrected chi connectivity index (χ4v) is 3.60. The average molecular weight is 487 g/mol. The smallest absolute Gasteiger partial charge is 0.417 e. The van der Waals surface area contributed by atoms with Crippen molar-refractivity contribution in [3.63, 3.8) is 0 Å².